The van der Waals surface area contributed by atoms with Gasteiger partial charge in [0.15, 0.2) is 15.7 Å². The van der Waals surface area contributed by atoms with E-state index in [-0.39, 0.29) is 4.90 Å². The van der Waals surface area contributed by atoms with Gasteiger partial charge in [-0.15, -0.1) is 0 Å². The standard InChI is InChI=1S/C17H23N5O2S/c1-14-19-12-16(25(2,23)24)17(20-14)22-9-5-8-21(10-11-22)13-15-6-3-4-7-18-15/h3-4,6-7,12H,5,8-11,13H2,1-2H3. The monoisotopic (exact) mass is 361 g/mol. The first-order valence-electron chi connectivity index (χ1n) is 8.34. The third kappa shape index (κ3) is 4.52. The summed E-state index contributed by atoms with van der Waals surface area (Å²) in [6, 6.07) is 5.94. The molecule has 25 heavy (non-hydrogen) atoms. The Morgan fingerprint density at radius 1 is 1.12 bits per heavy atom. The highest BCUT2D eigenvalue weighted by Gasteiger charge is 2.23. The van der Waals surface area contributed by atoms with Crippen molar-refractivity contribution in [3.8, 4) is 0 Å². The Bertz CT molecular complexity index is 826. The minimum atomic E-state index is -3.36. The Kier molecular flexibility index (Phi) is 5.29. The highest BCUT2D eigenvalue weighted by molar-refractivity contribution is 7.90. The van der Waals surface area contributed by atoms with Gasteiger partial charge in [0.25, 0.3) is 0 Å². The number of aromatic nitrogens is 3. The summed E-state index contributed by atoms with van der Waals surface area (Å²) in [5.74, 6) is 1.10. The molecule has 0 unspecified atom stereocenters. The molecule has 1 saturated heterocycles. The summed E-state index contributed by atoms with van der Waals surface area (Å²) in [5.41, 5.74) is 1.05. The molecule has 3 rings (SSSR count). The van der Waals surface area contributed by atoms with Crippen molar-refractivity contribution < 1.29 is 8.42 Å². The lowest BCUT2D eigenvalue weighted by Gasteiger charge is -2.24. The maximum Gasteiger partial charge on any atom is 0.180 e. The molecule has 3 heterocycles. The van der Waals surface area contributed by atoms with E-state index < -0.39 is 9.84 Å². The molecule has 1 aliphatic heterocycles. The van der Waals surface area contributed by atoms with Crippen LogP contribution < -0.4 is 4.90 Å². The van der Waals surface area contributed by atoms with Gasteiger partial charge < -0.3 is 4.90 Å². The largest absolute Gasteiger partial charge is 0.354 e. The van der Waals surface area contributed by atoms with Crippen molar-refractivity contribution in [3.05, 3.63) is 42.1 Å². The van der Waals surface area contributed by atoms with E-state index in [4.69, 9.17) is 0 Å². The fourth-order valence-corrected chi connectivity index (χ4v) is 3.75. The zero-order chi connectivity index (χ0) is 17.9. The maximum atomic E-state index is 12.1. The molecule has 8 heteroatoms. The Balaban J connectivity index is 1.76. The van der Waals surface area contributed by atoms with Gasteiger partial charge in [0, 0.05) is 45.2 Å². The fourth-order valence-electron chi connectivity index (χ4n) is 3.00. The molecular formula is C17H23N5O2S. The van der Waals surface area contributed by atoms with Gasteiger partial charge in [-0.2, -0.15) is 0 Å². The van der Waals surface area contributed by atoms with Crippen LogP contribution in [0.3, 0.4) is 0 Å². The van der Waals surface area contributed by atoms with Crippen molar-refractivity contribution in [3.63, 3.8) is 0 Å². The molecule has 0 aromatic carbocycles. The second kappa shape index (κ2) is 7.45. The molecule has 2 aromatic heterocycles. The van der Waals surface area contributed by atoms with Gasteiger partial charge in [-0.1, -0.05) is 6.07 Å². The van der Waals surface area contributed by atoms with E-state index in [0.717, 1.165) is 44.8 Å². The molecule has 0 bridgehead atoms. The SMILES string of the molecule is Cc1ncc(S(C)(=O)=O)c(N2CCCN(Cc3ccccn3)CC2)n1. The van der Waals surface area contributed by atoms with Crippen molar-refractivity contribution in [1.82, 2.24) is 19.9 Å². The molecule has 1 fully saturated rings. The number of aryl methyl sites for hydroxylation is 1. The summed E-state index contributed by atoms with van der Waals surface area (Å²) in [5, 5.41) is 0. The first-order valence-corrected chi connectivity index (χ1v) is 10.2. The van der Waals surface area contributed by atoms with Crippen LogP contribution in [0.15, 0.2) is 35.5 Å². The van der Waals surface area contributed by atoms with Gasteiger partial charge in [-0.3, -0.25) is 9.88 Å². The van der Waals surface area contributed by atoms with Crippen LogP contribution in [0.4, 0.5) is 5.82 Å². The number of anilines is 1. The topological polar surface area (TPSA) is 79.3 Å². The Morgan fingerprint density at radius 3 is 2.68 bits per heavy atom. The molecule has 0 atom stereocenters. The molecule has 0 N–H and O–H groups in total. The van der Waals surface area contributed by atoms with Gasteiger partial charge in [0.1, 0.15) is 10.7 Å². The summed E-state index contributed by atoms with van der Waals surface area (Å²) in [6.07, 6.45) is 5.37. The average molecular weight is 361 g/mol. The van der Waals surface area contributed by atoms with E-state index >= 15 is 0 Å². The second-order valence-corrected chi connectivity index (χ2v) is 8.30. The normalized spacial score (nSPS) is 16.6. The van der Waals surface area contributed by atoms with Crippen LogP contribution in [0.1, 0.15) is 17.9 Å². The van der Waals surface area contributed by atoms with Crippen LogP contribution in [0.2, 0.25) is 0 Å². The Morgan fingerprint density at radius 2 is 1.96 bits per heavy atom. The predicted octanol–water partition coefficient (Wildman–Crippen LogP) is 1.30. The minimum Gasteiger partial charge on any atom is -0.354 e. The van der Waals surface area contributed by atoms with Crippen molar-refractivity contribution in [1.29, 1.82) is 0 Å². The lowest BCUT2D eigenvalue weighted by atomic mass is 10.3. The molecule has 1 aliphatic rings. The lowest BCUT2D eigenvalue weighted by molar-refractivity contribution is 0.282. The van der Waals surface area contributed by atoms with Gasteiger partial charge in [0.05, 0.1) is 11.9 Å². The quantitative estimate of drug-likeness (QED) is 0.812. The van der Waals surface area contributed by atoms with Crippen LogP contribution in [0, 0.1) is 6.92 Å². The number of sulfone groups is 1. The molecule has 2 aromatic rings. The van der Waals surface area contributed by atoms with E-state index in [1.165, 1.54) is 12.5 Å². The molecule has 0 saturated carbocycles. The fraction of sp³-hybridized carbons (Fsp3) is 0.471. The first kappa shape index (κ1) is 17.8. The Labute approximate surface area is 148 Å². The smallest absolute Gasteiger partial charge is 0.180 e. The van der Waals surface area contributed by atoms with Gasteiger partial charge in [-0.25, -0.2) is 18.4 Å². The number of hydrogen-bond acceptors (Lipinski definition) is 7. The zero-order valence-corrected chi connectivity index (χ0v) is 15.4. The molecule has 0 radical (unpaired) electrons. The van der Waals surface area contributed by atoms with Gasteiger partial charge in [0.2, 0.25) is 0 Å². The predicted molar refractivity (Wildman–Crippen MR) is 96.2 cm³/mol. The highest BCUT2D eigenvalue weighted by atomic mass is 32.2. The van der Waals surface area contributed by atoms with Crippen LogP contribution in [0.25, 0.3) is 0 Å². The van der Waals surface area contributed by atoms with Crippen LogP contribution >= 0.6 is 0 Å². The van der Waals surface area contributed by atoms with Gasteiger partial charge in [-0.05, 0) is 25.5 Å². The maximum absolute atomic E-state index is 12.1. The number of pyridine rings is 1. The molecular weight excluding hydrogens is 338 g/mol. The number of nitrogens with zero attached hydrogens (tertiary/aromatic N) is 5. The Hall–Kier alpha value is -2.06. The number of rotatable bonds is 4. The van der Waals surface area contributed by atoms with Crippen molar-refractivity contribution in [2.45, 2.75) is 24.8 Å². The molecule has 134 valence electrons. The molecule has 0 aliphatic carbocycles. The van der Waals surface area contributed by atoms with E-state index in [1.54, 1.807) is 6.92 Å². The van der Waals surface area contributed by atoms with Crippen molar-refractivity contribution in [2.75, 3.05) is 37.3 Å². The summed E-state index contributed by atoms with van der Waals surface area (Å²) in [7, 11) is -3.36. The third-order valence-corrected chi connectivity index (χ3v) is 5.34. The second-order valence-electron chi connectivity index (χ2n) is 6.32. The first-order chi connectivity index (χ1) is 11.9. The van der Waals surface area contributed by atoms with Crippen LogP contribution in [-0.4, -0.2) is 60.7 Å². The van der Waals surface area contributed by atoms with E-state index in [9.17, 15) is 8.42 Å². The summed E-state index contributed by atoms with van der Waals surface area (Å²) in [4.78, 5) is 17.5. The van der Waals surface area contributed by atoms with E-state index in [1.807, 2.05) is 24.4 Å². The van der Waals surface area contributed by atoms with E-state index in [2.05, 4.69) is 24.8 Å². The summed E-state index contributed by atoms with van der Waals surface area (Å²) in [6.45, 7) is 5.87. The third-order valence-electron chi connectivity index (χ3n) is 4.26. The number of hydrogen-bond donors (Lipinski definition) is 0. The minimum absolute atomic E-state index is 0.205. The van der Waals surface area contributed by atoms with Gasteiger partial charge >= 0.3 is 0 Å². The van der Waals surface area contributed by atoms with Crippen molar-refractivity contribution in [2.24, 2.45) is 0 Å². The molecule has 0 spiro atoms. The van der Waals surface area contributed by atoms with Crippen LogP contribution in [0.5, 0.6) is 0 Å². The average Bonchev–Trinajstić information content (AvgIpc) is 2.80. The summed E-state index contributed by atoms with van der Waals surface area (Å²) < 4.78 is 24.1. The summed E-state index contributed by atoms with van der Waals surface area (Å²) >= 11 is 0. The lowest BCUT2D eigenvalue weighted by Crippen LogP contribution is -2.32. The molecule has 7 nitrogen and oxygen atoms in total. The van der Waals surface area contributed by atoms with Crippen LogP contribution in [-0.2, 0) is 16.4 Å². The highest BCUT2D eigenvalue weighted by Crippen LogP contribution is 2.23. The van der Waals surface area contributed by atoms with E-state index in [0.29, 0.717) is 11.6 Å². The van der Waals surface area contributed by atoms with Crippen molar-refractivity contribution >= 4 is 15.7 Å². The zero-order valence-electron chi connectivity index (χ0n) is 14.6. The molecule has 0 amide bonds.